The molecule has 2 aromatic rings. The quantitative estimate of drug-likeness (QED) is 0.875. The highest BCUT2D eigenvalue weighted by atomic mass is 35.5. The highest BCUT2D eigenvalue weighted by molar-refractivity contribution is 6.30. The van der Waals surface area contributed by atoms with E-state index in [1.54, 1.807) is 23.6 Å². The Morgan fingerprint density at radius 2 is 2.05 bits per heavy atom. The fourth-order valence-corrected chi connectivity index (χ4v) is 1.93. The molecule has 0 saturated carbocycles. The van der Waals surface area contributed by atoms with Gasteiger partial charge in [-0.05, 0) is 24.6 Å². The van der Waals surface area contributed by atoms with Crippen LogP contribution in [0.25, 0.3) is 0 Å². The molecule has 0 unspecified atom stereocenters. The predicted octanol–water partition coefficient (Wildman–Crippen LogP) is 2.26. The van der Waals surface area contributed by atoms with Crippen LogP contribution < -0.4 is 5.73 Å². The van der Waals surface area contributed by atoms with E-state index >= 15 is 0 Å². The Balaban J connectivity index is 2.33. The molecule has 0 spiro atoms. The van der Waals surface area contributed by atoms with Gasteiger partial charge in [0.1, 0.15) is 11.6 Å². The van der Waals surface area contributed by atoms with Crippen molar-refractivity contribution in [3.8, 4) is 0 Å². The molecule has 1 heterocycles. The zero-order valence-corrected chi connectivity index (χ0v) is 11.4. The third-order valence-corrected chi connectivity index (χ3v) is 3.08. The molecular formula is C13H14ClN3O2. The van der Waals surface area contributed by atoms with Crippen molar-refractivity contribution in [2.75, 3.05) is 12.8 Å². The standard InChI is InChI=1S/C13H14ClN3O2/c1-8-16-11(13(18)19-2)12(15)17(8)7-9-3-5-10(14)6-4-9/h3-6H,7,15H2,1-2H3. The summed E-state index contributed by atoms with van der Waals surface area (Å²) in [4.78, 5) is 15.6. The van der Waals surface area contributed by atoms with Gasteiger partial charge in [0.25, 0.3) is 0 Å². The summed E-state index contributed by atoms with van der Waals surface area (Å²) in [6.45, 7) is 2.32. The van der Waals surface area contributed by atoms with E-state index in [-0.39, 0.29) is 5.69 Å². The van der Waals surface area contributed by atoms with Gasteiger partial charge in [-0.1, -0.05) is 23.7 Å². The summed E-state index contributed by atoms with van der Waals surface area (Å²) in [7, 11) is 1.30. The SMILES string of the molecule is COC(=O)c1nc(C)n(Cc2ccc(Cl)cc2)c1N. The minimum atomic E-state index is -0.532. The fourth-order valence-electron chi connectivity index (χ4n) is 1.80. The van der Waals surface area contributed by atoms with Crippen molar-refractivity contribution in [3.63, 3.8) is 0 Å². The van der Waals surface area contributed by atoms with Gasteiger partial charge in [0, 0.05) is 5.02 Å². The predicted molar refractivity (Wildman–Crippen MR) is 73.3 cm³/mol. The molecule has 5 nitrogen and oxygen atoms in total. The van der Waals surface area contributed by atoms with Crippen molar-refractivity contribution in [3.05, 3.63) is 46.4 Å². The molecule has 0 radical (unpaired) electrons. The Kier molecular flexibility index (Phi) is 3.76. The van der Waals surface area contributed by atoms with Crippen molar-refractivity contribution in [2.24, 2.45) is 0 Å². The topological polar surface area (TPSA) is 70.1 Å². The lowest BCUT2D eigenvalue weighted by Crippen LogP contribution is -2.09. The lowest BCUT2D eigenvalue weighted by Gasteiger charge is -2.07. The Bertz CT molecular complexity index is 605. The van der Waals surface area contributed by atoms with E-state index in [0.29, 0.717) is 23.2 Å². The molecule has 0 aliphatic rings. The molecule has 1 aromatic carbocycles. The number of esters is 1. The number of halogens is 1. The smallest absolute Gasteiger partial charge is 0.360 e. The Hall–Kier alpha value is -2.01. The van der Waals surface area contributed by atoms with Crippen LogP contribution in [0.4, 0.5) is 5.82 Å². The van der Waals surface area contributed by atoms with Crippen LogP contribution >= 0.6 is 11.6 Å². The van der Waals surface area contributed by atoms with Gasteiger partial charge in [0.05, 0.1) is 13.7 Å². The minimum Gasteiger partial charge on any atom is -0.464 e. The second-order valence-electron chi connectivity index (χ2n) is 4.10. The molecule has 0 fully saturated rings. The number of nitrogens with two attached hydrogens (primary N) is 1. The van der Waals surface area contributed by atoms with Gasteiger partial charge in [-0.15, -0.1) is 0 Å². The number of carbonyl (C=O) groups excluding carboxylic acids is 1. The summed E-state index contributed by atoms with van der Waals surface area (Å²) in [5.41, 5.74) is 7.10. The molecule has 0 bridgehead atoms. The van der Waals surface area contributed by atoms with Crippen LogP contribution in [0.1, 0.15) is 21.9 Å². The number of hydrogen-bond donors (Lipinski definition) is 1. The minimum absolute atomic E-state index is 0.147. The van der Waals surface area contributed by atoms with Crippen LogP contribution in [0.2, 0.25) is 5.02 Å². The molecule has 6 heteroatoms. The average Bonchev–Trinajstić information content (AvgIpc) is 2.68. The van der Waals surface area contributed by atoms with Crippen LogP contribution in [0, 0.1) is 6.92 Å². The Morgan fingerprint density at radius 3 is 2.63 bits per heavy atom. The summed E-state index contributed by atoms with van der Waals surface area (Å²) in [6.07, 6.45) is 0. The maximum absolute atomic E-state index is 11.5. The average molecular weight is 280 g/mol. The maximum Gasteiger partial charge on any atom is 0.360 e. The number of carbonyl (C=O) groups is 1. The number of nitrogen functional groups attached to an aromatic ring is 1. The fraction of sp³-hybridized carbons (Fsp3) is 0.231. The monoisotopic (exact) mass is 279 g/mol. The summed E-state index contributed by atoms with van der Waals surface area (Å²) in [5.74, 6) is 0.433. The van der Waals surface area contributed by atoms with Crippen molar-refractivity contribution in [1.29, 1.82) is 0 Å². The lowest BCUT2D eigenvalue weighted by atomic mass is 10.2. The third-order valence-electron chi connectivity index (χ3n) is 2.83. The van der Waals surface area contributed by atoms with Gasteiger partial charge in [-0.2, -0.15) is 0 Å². The molecule has 0 aliphatic heterocycles. The number of imidazole rings is 1. The van der Waals surface area contributed by atoms with E-state index in [4.69, 9.17) is 17.3 Å². The van der Waals surface area contributed by atoms with Gasteiger partial charge >= 0.3 is 5.97 Å². The normalized spacial score (nSPS) is 10.5. The van der Waals surface area contributed by atoms with Crippen LogP contribution in [0.5, 0.6) is 0 Å². The molecule has 0 saturated heterocycles. The summed E-state index contributed by atoms with van der Waals surface area (Å²) in [5, 5.41) is 0.675. The first-order valence-corrected chi connectivity index (χ1v) is 6.06. The van der Waals surface area contributed by atoms with E-state index in [2.05, 4.69) is 9.72 Å². The zero-order valence-electron chi connectivity index (χ0n) is 10.7. The Labute approximate surface area is 116 Å². The van der Waals surface area contributed by atoms with E-state index in [1.807, 2.05) is 12.1 Å². The molecule has 0 atom stereocenters. The number of ether oxygens (including phenoxy) is 1. The number of benzene rings is 1. The number of hydrogen-bond acceptors (Lipinski definition) is 4. The van der Waals surface area contributed by atoms with Crippen molar-refractivity contribution < 1.29 is 9.53 Å². The first-order chi connectivity index (χ1) is 9.02. The van der Waals surface area contributed by atoms with Gasteiger partial charge in [0.15, 0.2) is 5.69 Å². The van der Waals surface area contributed by atoms with Crippen molar-refractivity contribution in [1.82, 2.24) is 9.55 Å². The van der Waals surface area contributed by atoms with Crippen LogP contribution in [-0.2, 0) is 11.3 Å². The molecule has 2 rings (SSSR count). The van der Waals surface area contributed by atoms with Crippen molar-refractivity contribution >= 4 is 23.4 Å². The van der Waals surface area contributed by atoms with Gasteiger partial charge in [0.2, 0.25) is 0 Å². The summed E-state index contributed by atoms with van der Waals surface area (Å²) in [6, 6.07) is 7.42. The molecular weight excluding hydrogens is 266 g/mol. The highest BCUT2D eigenvalue weighted by Gasteiger charge is 2.19. The molecule has 1 aromatic heterocycles. The van der Waals surface area contributed by atoms with Gasteiger partial charge in [-0.3, -0.25) is 0 Å². The number of methoxy groups -OCH3 is 1. The van der Waals surface area contributed by atoms with E-state index in [0.717, 1.165) is 5.56 Å². The second kappa shape index (κ2) is 5.32. The number of rotatable bonds is 3. The largest absolute Gasteiger partial charge is 0.464 e. The number of aryl methyl sites for hydroxylation is 1. The molecule has 0 aliphatic carbocycles. The Morgan fingerprint density at radius 1 is 1.42 bits per heavy atom. The highest BCUT2D eigenvalue weighted by Crippen LogP contribution is 2.18. The van der Waals surface area contributed by atoms with E-state index in [9.17, 15) is 4.79 Å². The number of nitrogens with zero attached hydrogens (tertiary/aromatic N) is 2. The first-order valence-electron chi connectivity index (χ1n) is 5.68. The first kappa shape index (κ1) is 13.4. The molecule has 0 amide bonds. The summed E-state index contributed by atoms with van der Waals surface area (Å²) < 4.78 is 6.40. The molecule has 19 heavy (non-hydrogen) atoms. The van der Waals surface area contributed by atoms with Crippen LogP contribution in [-0.4, -0.2) is 22.6 Å². The number of aromatic nitrogens is 2. The molecule has 100 valence electrons. The second-order valence-corrected chi connectivity index (χ2v) is 4.53. The van der Waals surface area contributed by atoms with Crippen molar-refractivity contribution in [2.45, 2.75) is 13.5 Å². The van der Waals surface area contributed by atoms with Gasteiger partial charge < -0.3 is 15.0 Å². The summed E-state index contributed by atoms with van der Waals surface area (Å²) >= 11 is 5.84. The lowest BCUT2D eigenvalue weighted by molar-refractivity contribution is 0.0595. The van der Waals surface area contributed by atoms with Crippen LogP contribution in [0.3, 0.4) is 0 Å². The van der Waals surface area contributed by atoms with Gasteiger partial charge in [-0.25, -0.2) is 9.78 Å². The van der Waals surface area contributed by atoms with E-state index < -0.39 is 5.97 Å². The molecule has 2 N–H and O–H groups in total. The maximum atomic E-state index is 11.5. The van der Waals surface area contributed by atoms with E-state index in [1.165, 1.54) is 7.11 Å². The zero-order chi connectivity index (χ0) is 14.0. The third kappa shape index (κ3) is 2.71. The van der Waals surface area contributed by atoms with Crippen LogP contribution in [0.15, 0.2) is 24.3 Å². The number of anilines is 1.